The Bertz CT molecular complexity index is 367. The first kappa shape index (κ1) is 12.1. The summed E-state index contributed by atoms with van der Waals surface area (Å²) in [6, 6.07) is 0.899. The van der Waals surface area contributed by atoms with E-state index in [-0.39, 0.29) is 17.9 Å². The monoisotopic (exact) mass is 251 g/mol. The highest BCUT2D eigenvalue weighted by molar-refractivity contribution is 6.05. The normalized spacial score (nSPS) is 33.7. The van der Waals surface area contributed by atoms with Gasteiger partial charge < -0.3 is 5.32 Å². The number of carbonyl (C=O) groups excluding carboxylic acids is 2. The fourth-order valence-electron chi connectivity index (χ4n) is 3.12. The zero-order chi connectivity index (χ0) is 12.7. The zero-order valence-electron chi connectivity index (χ0n) is 10.9. The number of likely N-dealkylation sites (N-methyl/N-ethyl adjacent to an activating group) is 1. The first-order chi connectivity index (χ1) is 8.69. The first-order valence-electron chi connectivity index (χ1n) is 7.03. The maximum absolute atomic E-state index is 12.0. The maximum Gasteiger partial charge on any atom is 0.246 e. The lowest BCUT2D eigenvalue weighted by Crippen LogP contribution is -2.45. The SMILES string of the molecule is CCN1C(=O)CC(NC2CCN(C3CC3)C2)C1=O. The Kier molecular flexibility index (Phi) is 3.11. The molecular formula is C13H21N3O2. The highest BCUT2D eigenvalue weighted by atomic mass is 16.2. The molecule has 5 heteroatoms. The van der Waals surface area contributed by atoms with Gasteiger partial charge in [-0.25, -0.2) is 0 Å². The maximum atomic E-state index is 12.0. The van der Waals surface area contributed by atoms with E-state index in [1.165, 1.54) is 17.7 Å². The van der Waals surface area contributed by atoms with Crippen LogP contribution >= 0.6 is 0 Å². The van der Waals surface area contributed by atoms with E-state index < -0.39 is 0 Å². The van der Waals surface area contributed by atoms with Gasteiger partial charge in [-0.15, -0.1) is 0 Å². The second kappa shape index (κ2) is 4.63. The van der Waals surface area contributed by atoms with Crippen LogP contribution in [0.5, 0.6) is 0 Å². The van der Waals surface area contributed by atoms with Crippen LogP contribution in [0.3, 0.4) is 0 Å². The molecule has 18 heavy (non-hydrogen) atoms. The van der Waals surface area contributed by atoms with Crippen molar-refractivity contribution in [3.63, 3.8) is 0 Å². The lowest BCUT2D eigenvalue weighted by atomic mass is 10.2. The number of nitrogens with one attached hydrogen (secondary N) is 1. The van der Waals surface area contributed by atoms with Gasteiger partial charge in [0.1, 0.15) is 0 Å². The van der Waals surface area contributed by atoms with Crippen LogP contribution in [-0.2, 0) is 9.59 Å². The standard InChI is InChI=1S/C13H21N3O2/c1-2-16-12(17)7-11(13(16)18)14-9-5-6-15(8-9)10-3-4-10/h9-11,14H,2-8H2,1H3. The minimum Gasteiger partial charge on any atom is -0.301 e. The summed E-state index contributed by atoms with van der Waals surface area (Å²) in [4.78, 5) is 27.5. The number of likely N-dealkylation sites (tertiary alicyclic amines) is 2. The molecule has 3 aliphatic rings. The Morgan fingerprint density at radius 3 is 2.67 bits per heavy atom. The molecule has 0 bridgehead atoms. The summed E-state index contributed by atoms with van der Waals surface area (Å²) >= 11 is 0. The van der Waals surface area contributed by atoms with Gasteiger partial charge >= 0.3 is 0 Å². The molecule has 0 aromatic carbocycles. The molecule has 2 aliphatic heterocycles. The van der Waals surface area contributed by atoms with Crippen molar-refractivity contribution in [2.45, 2.75) is 50.7 Å². The van der Waals surface area contributed by atoms with Crippen LogP contribution in [0.25, 0.3) is 0 Å². The van der Waals surface area contributed by atoms with Gasteiger partial charge in [0.2, 0.25) is 11.8 Å². The van der Waals surface area contributed by atoms with E-state index in [1.54, 1.807) is 0 Å². The molecule has 2 saturated heterocycles. The number of amides is 2. The summed E-state index contributed by atoms with van der Waals surface area (Å²) in [5, 5.41) is 3.38. The molecule has 0 aromatic rings. The summed E-state index contributed by atoms with van der Waals surface area (Å²) in [6.45, 7) is 4.51. The fraction of sp³-hybridized carbons (Fsp3) is 0.846. The van der Waals surface area contributed by atoms with Crippen LogP contribution in [0.2, 0.25) is 0 Å². The number of imide groups is 1. The average Bonchev–Trinajstić information content (AvgIpc) is 3.03. The lowest BCUT2D eigenvalue weighted by Gasteiger charge is -2.19. The summed E-state index contributed by atoms with van der Waals surface area (Å²) in [6.07, 6.45) is 4.10. The topological polar surface area (TPSA) is 52.7 Å². The third-order valence-corrected chi connectivity index (χ3v) is 4.28. The molecule has 2 amide bonds. The number of hydrogen-bond donors (Lipinski definition) is 1. The number of carbonyl (C=O) groups is 2. The lowest BCUT2D eigenvalue weighted by molar-refractivity contribution is -0.138. The van der Waals surface area contributed by atoms with Crippen molar-refractivity contribution in [2.75, 3.05) is 19.6 Å². The smallest absolute Gasteiger partial charge is 0.246 e. The van der Waals surface area contributed by atoms with Crippen molar-refractivity contribution in [1.29, 1.82) is 0 Å². The van der Waals surface area contributed by atoms with Crippen LogP contribution in [0.4, 0.5) is 0 Å². The minimum atomic E-state index is -0.276. The summed E-state index contributed by atoms with van der Waals surface area (Å²) in [5.41, 5.74) is 0. The molecule has 2 atom stereocenters. The molecule has 100 valence electrons. The predicted molar refractivity (Wildman–Crippen MR) is 66.9 cm³/mol. The van der Waals surface area contributed by atoms with Crippen molar-refractivity contribution in [2.24, 2.45) is 0 Å². The van der Waals surface area contributed by atoms with Gasteiger partial charge in [0.05, 0.1) is 12.5 Å². The van der Waals surface area contributed by atoms with Crippen LogP contribution < -0.4 is 5.32 Å². The van der Waals surface area contributed by atoms with Gasteiger partial charge in [-0.1, -0.05) is 0 Å². The van der Waals surface area contributed by atoms with Gasteiger partial charge in [-0.2, -0.15) is 0 Å². The van der Waals surface area contributed by atoms with Crippen LogP contribution in [0.15, 0.2) is 0 Å². The molecule has 2 unspecified atom stereocenters. The Labute approximate surface area is 107 Å². The van der Waals surface area contributed by atoms with Crippen molar-refractivity contribution in [3.05, 3.63) is 0 Å². The quantitative estimate of drug-likeness (QED) is 0.712. The van der Waals surface area contributed by atoms with E-state index in [1.807, 2.05) is 6.92 Å². The van der Waals surface area contributed by atoms with Gasteiger partial charge in [0, 0.05) is 31.7 Å². The van der Waals surface area contributed by atoms with E-state index in [0.717, 1.165) is 25.6 Å². The molecule has 3 fully saturated rings. The second-order valence-corrected chi connectivity index (χ2v) is 5.61. The van der Waals surface area contributed by atoms with Gasteiger partial charge in [-0.3, -0.25) is 19.4 Å². The highest BCUT2D eigenvalue weighted by Gasteiger charge is 2.40. The second-order valence-electron chi connectivity index (χ2n) is 5.61. The molecule has 1 aliphatic carbocycles. The van der Waals surface area contributed by atoms with Gasteiger partial charge in [-0.05, 0) is 26.2 Å². The highest BCUT2D eigenvalue weighted by Crippen LogP contribution is 2.30. The Balaban J connectivity index is 1.54. The van der Waals surface area contributed by atoms with Crippen LogP contribution in [0.1, 0.15) is 32.6 Å². The third-order valence-electron chi connectivity index (χ3n) is 4.28. The average molecular weight is 251 g/mol. The summed E-state index contributed by atoms with van der Waals surface area (Å²) in [5.74, 6) is -0.0654. The molecular weight excluding hydrogens is 230 g/mol. The Morgan fingerprint density at radius 1 is 1.28 bits per heavy atom. The largest absolute Gasteiger partial charge is 0.301 e. The molecule has 0 spiro atoms. The van der Waals surface area contributed by atoms with Crippen LogP contribution in [-0.4, -0.2) is 59.4 Å². The van der Waals surface area contributed by atoms with Crippen molar-refractivity contribution < 1.29 is 9.59 Å². The molecule has 1 N–H and O–H groups in total. The van der Waals surface area contributed by atoms with Crippen molar-refractivity contribution in [3.8, 4) is 0 Å². The Morgan fingerprint density at radius 2 is 2.06 bits per heavy atom. The van der Waals surface area contributed by atoms with Crippen LogP contribution in [0, 0.1) is 0 Å². The van der Waals surface area contributed by atoms with E-state index in [0.29, 0.717) is 19.0 Å². The third kappa shape index (κ3) is 2.17. The minimum absolute atomic E-state index is 0.0305. The Hall–Kier alpha value is -0.940. The molecule has 1 saturated carbocycles. The van der Waals surface area contributed by atoms with E-state index in [9.17, 15) is 9.59 Å². The zero-order valence-corrected chi connectivity index (χ0v) is 10.9. The van der Waals surface area contributed by atoms with E-state index in [2.05, 4.69) is 10.2 Å². The summed E-state index contributed by atoms with van der Waals surface area (Å²) < 4.78 is 0. The molecule has 5 nitrogen and oxygen atoms in total. The first-order valence-corrected chi connectivity index (χ1v) is 7.03. The molecule has 3 rings (SSSR count). The molecule has 0 aromatic heterocycles. The van der Waals surface area contributed by atoms with E-state index >= 15 is 0 Å². The molecule has 2 heterocycles. The fourth-order valence-corrected chi connectivity index (χ4v) is 3.12. The predicted octanol–water partition coefficient (Wildman–Crippen LogP) is -0.0399. The van der Waals surface area contributed by atoms with Gasteiger partial charge in [0.15, 0.2) is 0 Å². The van der Waals surface area contributed by atoms with Crippen molar-refractivity contribution in [1.82, 2.24) is 15.1 Å². The number of nitrogens with zero attached hydrogens (tertiary/aromatic N) is 2. The van der Waals surface area contributed by atoms with E-state index in [4.69, 9.17) is 0 Å². The molecule has 0 radical (unpaired) electrons. The number of hydrogen-bond acceptors (Lipinski definition) is 4. The summed E-state index contributed by atoms with van der Waals surface area (Å²) in [7, 11) is 0. The number of rotatable bonds is 4. The van der Waals surface area contributed by atoms with Gasteiger partial charge in [0.25, 0.3) is 0 Å². The van der Waals surface area contributed by atoms with Crippen molar-refractivity contribution >= 4 is 11.8 Å².